The smallest absolute Gasteiger partial charge is 0.163 e. The molecule has 0 radical (unpaired) electrons. The Morgan fingerprint density at radius 3 is 3.00 bits per heavy atom. The molecule has 0 bridgehead atoms. The number of ether oxygens (including phenoxy) is 1. The van der Waals surface area contributed by atoms with E-state index in [4.69, 9.17) is 4.74 Å². The average molecular weight is 309 g/mol. The summed E-state index contributed by atoms with van der Waals surface area (Å²) in [5.74, 6) is 0.598. The molecule has 2 rings (SSSR count). The van der Waals surface area contributed by atoms with Gasteiger partial charge >= 0.3 is 0 Å². The number of ketones is 1. The van der Waals surface area contributed by atoms with Crippen LogP contribution in [0.4, 0.5) is 0 Å². The number of carbonyl (C=O) groups excluding carboxylic acids is 1. The number of hydrogen-bond acceptors (Lipinski definition) is 3. The first-order chi connectivity index (χ1) is 8.66. The zero-order valence-electron chi connectivity index (χ0n) is 9.97. The molecule has 0 amide bonds. The van der Waals surface area contributed by atoms with Crippen molar-refractivity contribution < 1.29 is 9.53 Å². The second kappa shape index (κ2) is 5.82. The molecular weight excluding hydrogens is 296 g/mol. The molecule has 0 saturated carbocycles. The minimum Gasteiger partial charge on any atom is -0.491 e. The predicted molar refractivity (Wildman–Crippen MR) is 71.9 cm³/mol. The molecule has 1 heterocycles. The molecule has 94 valence electrons. The minimum absolute atomic E-state index is 0.00316. The Bertz CT molecular complexity index is 538. The van der Waals surface area contributed by atoms with E-state index in [9.17, 15) is 4.79 Å². The number of hydrogen-bond donors (Lipinski definition) is 0. The molecule has 0 fully saturated rings. The van der Waals surface area contributed by atoms with Gasteiger partial charge in [0.2, 0.25) is 0 Å². The van der Waals surface area contributed by atoms with E-state index in [1.807, 2.05) is 18.3 Å². The SMILES string of the molecule is CC(=O)c1ccc(Br)cc1OCCn1cccn1. The maximum absolute atomic E-state index is 11.5. The fourth-order valence-corrected chi connectivity index (χ4v) is 1.93. The van der Waals surface area contributed by atoms with Crippen molar-refractivity contribution in [3.05, 3.63) is 46.7 Å². The first-order valence-electron chi connectivity index (χ1n) is 5.57. The van der Waals surface area contributed by atoms with Crippen molar-refractivity contribution in [2.45, 2.75) is 13.5 Å². The monoisotopic (exact) mass is 308 g/mol. The maximum Gasteiger partial charge on any atom is 0.163 e. The summed E-state index contributed by atoms with van der Waals surface area (Å²) in [6, 6.07) is 7.26. The highest BCUT2D eigenvalue weighted by Crippen LogP contribution is 2.24. The third kappa shape index (κ3) is 3.20. The van der Waals surface area contributed by atoms with Crippen LogP contribution in [-0.2, 0) is 6.54 Å². The van der Waals surface area contributed by atoms with E-state index in [0.29, 0.717) is 24.5 Å². The lowest BCUT2D eigenvalue weighted by atomic mass is 10.1. The Morgan fingerprint density at radius 2 is 2.33 bits per heavy atom. The number of carbonyl (C=O) groups is 1. The zero-order chi connectivity index (χ0) is 13.0. The largest absolute Gasteiger partial charge is 0.491 e. The van der Waals surface area contributed by atoms with Crippen LogP contribution in [0.2, 0.25) is 0 Å². The number of rotatable bonds is 5. The van der Waals surface area contributed by atoms with Crippen molar-refractivity contribution >= 4 is 21.7 Å². The van der Waals surface area contributed by atoms with Crippen molar-refractivity contribution in [1.82, 2.24) is 9.78 Å². The van der Waals surface area contributed by atoms with Crippen molar-refractivity contribution in [1.29, 1.82) is 0 Å². The number of halogens is 1. The van der Waals surface area contributed by atoms with Crippen LogP contribution in [0.1, 0.15) is 17.3 Å². The van der Waals surface area contributed by atoms with Crippen LogP contribution >= 0.6 is 15.9 Å². The Balaban J connectivity index is 2.03. The normalized spacial score (nSPS) is 10.3. The minimum atomic E-state index is -0.00316. The second-order valence-electron chi connectivity index (χ2n) is 3.81. The molecule has 0 aliphatic heterocycles. The Labute approximate surface area is 114 Å². The van der Waals surface area contributed by atoms with Crippen molar-refractivity contribution in [3.63, 3.8) is 0 Å². The Morgan fingerprint density at radius 1 is 1.50 bits per heavy atom. The van der Waals surface area contributed by atoms with Gasteiger partial charge in [0, 0.05) is 16.9 Å². The average Bonchev–Trinajstić information content (AvgIpc) is 2.82. The summed E-state index contributed by atoms with van der Waals surface area (Å²) in [7, 11) is 0. The van der Waals surface area contributed by atoms with Crippen LogP contribution in [0, 0.1) is 0 Å². The van der Waals surface area contributed by atoms with Crippen LogP contribution in [0.5, 0.6) is 5.75 Å². The van der Waals surface area contributed by atoms with Crippen LogP contribution in [0.15, 0.2) is 41.1 Å². The first kappa shape index (κ1) is 12.8. The number of Topliss-reactive ketones (excluding diaryl/α,β-unsaturated/α-hetero) is 1. The van der Waals surface area contributed by atoms with E-state index < -0.39 is 0 Å². The summed E-state index contributed by atoms with van der Waals surface area (Å²) >= 11 is 3.37. The molecule has 0 aliphatic carbocycles. The van der Waals surface area contributed by atoms with E-state index in [1.54, 1.807) is 23.0 Å². The number of benzene rings is 1. The van der Waals surface area contributed by atoms with E-state index in [-0.39, 0.29) is 5.78 Å². The molecule has 4 nitrogen and oxygen atoms in total. The quantitative estimate of drug-likeness (QED) is 0.798. The van der Waals surface area contributed by atoms with Gasteiger partial charge in [0.1, 0.15) is 12.4 Å². The molecule has 0 spiro atoms. The third-order valence-corrected chi connectivity index (χ3v) is 2.95. The highest BCUT2D eigenvalue weighted by atomic mass is 79.9. The number of nitrogens with zero attached hydrogens (tertiary/aromatic N) is 2. The summed E-state index contributed by atoms with van der Waals surface area (Å²) in [5, 5.41) is 4.08. The van der Waals surface area contributed by atoms with Gasteiger partial charge in [-0.1, -0.05) is 15.9 Å². The van der Waals surface area contributed by atoms with Crippen LogP contribution < -0.4 is 4.74 Å². The summed E-state index contributed by atoms with van der Waals surface area (Å²) in [6.07, 6.45) is 3.59. The molecule has 5 heteroatoms. The maximum atomic E-state index is 11.5. The first-order valence-corrected chi connectivity index (χ1v) is 6.37. The molecule has 0 unspecified atom stereocenters. The fraction of sp³-hybridized carbons (Fsp3) is 0.231. The summed E-state index contributed by atoms with van der Waals surface area (Å²) in [6.45, 7) is 2.65. The van der Waals surface area contributed by atoms with E-state index in [0.717, 1.165) is 4.47 Å². The van der Waals surface area contributed by atoms with E-state index in [1.165, 1.54) is 6.92 Å². The van der Waals surface area contributed by atoms with Crippen LogP contribution in [0.25, 0.3) is 0 Å². The molecule has 18 heavy (non-hydrogen) atoms. The van der Waals surface area contributed by atoms with Gasteiger partial charge in [-0.25, -0.2) is 0 Å². The van der Waals surface area contributed by atoms with Gasteiger partial charge < -0.3 is 4.74 Å². The molecule has 0 atom stereocenters. The van der Waals surface area contributed by atoms with Gasteiger partial charge in [0.05, 0.1) is 12.1 Å². The van der Waals surface area contributed by atoms with Crippen molar-refractivity contribution in [2.24, 2.45) is 0 Å². The van der Waals surface area contributed by atoms with Gasteiger partial charge in [-0.15, -0.1) is 0 Å². The summed E-state index contributed by atoms with van der Waals surface area (Å²) in [5.41, 5.74) is 0.596. The number of aromatic nitrogens is 2. The van der Waals surface area contributed by atoms with Crippen LogP contribution in [0.3, 0.4) is 0 Å². The van der Waals surface area contributed by atoms with E-state index >= 15 is 0 Å². The standard InChI is InChI=1S/C13H13BrN2O2/c1-10(17)12-4-3-11(14)9-13(12)18-8-7-16-6-2-5-15-16/h2-6,9H,7-8H2,1H3. The third-order valence-electron chi connectivity index (χ3n) is 2.46. The fourth-order valence-electron chi connectivity index (χ4n) is 1.59. The molecular formula is C13H13BrN2O2. The van der Waals surface area contributed by atoms with Crippen LogP contribution in [-0.4, -0.2) is 22.2 Å². The highest BCUT2D eigenvalue weighted by molar-refractivity contribution is 9.10. The lowest BCUT2D eigenvalue weighted by Gasteiger charge is -2.10. The molecule has 1 aromatic heterocycles. The van der Waals surface area contributed by atoms with Crippen molar-refractivity contribution in [2.75, 3.05) is 6.61 Å². The summed E-state index contributed by atoms with van der Waals surface area (Å²) in [4.78, 5) is 11.5. The Hall–Kier alpha value is -1.62. The van der Waals surface area contributed by atoms with Crippen molar-refractivity contribution in [3.8, 4) is 5.75 Å². The lowest BCUT2D eigenvalue weighted by molar-refractivity contribution is 0.101. The molecule has 0 saturated heterocycles. The molecule has 2 aromatic rings. The molecule has 1 aromatic carbocycles. The second-order valence-corrected chi connectivity index (χ2v) is 4.73. The van der Waals surface area contributed by atoms with Gasteiger partial charge in [-0.3, -0.25) is 9.48 Å². The topological polar surface area (TPSA) is 44.1 Å². The zero-order valence-corrected chi connectivity index (χ0v) is 11.6. The Kier molecular flexibility index (Phi) is 4.15. The van der Waals surface area contributed by atoms with Gasteiger partial charge in [0.25, 0.3) is 0 Å². The highest BCUT2D eigenvalue weighted by Gasteiger charge is 2.08. The van der Waals surface area contributed by atoms with Gasteiger partial charge in [-0.05, 0) is 31.2 Å². The summed E-state index contributed by atoms with van der Waals surface area (Å²) < 4.78 is 8.31. The predicted octanol–water partition coefficient (Wildman–Crippen LogP) is 2.93. The lowest BCUT2D eigenvalue weighted by Crippen LogP contribution is -2.10. The molecule has 0 aliphatic rings. The molecule has 0 N–H and O–H groups in total. The van der Waals surface area contributed by atoms with E-state index in [2.05, 4.69) is 21.0 Å². The van der Waals surface area contributed by atoms with Gasteiger partial charge in [0.15, 0.2) is 5.78 Å². The van der Waals surface area contributed by atoms with Gasteiger partial charge in [-0.2, -0.15) is 5.10 Å².